The molecule has 0 saturated carbocycles. The van der Waals surface area contributed by atoms with Crippen molar-refractivity contribution in [1.29, 1.82) is 0 Å². The normalized spacial score (nSPS) is 13.4. The number of para-hydroxylation sites is 1. The van der Waals surface area contributed by atoms with Gasteiger partial charge in [-0.15, -0.1) is 11.3 Å². The van der Waals surface area contributed by atoms with Gasteiger partial charge in [-0.3, -0.25) is 19.1 Å². The molecule has 33 heavy (non-hydrogen) atoms. The lowest BCUT2D eigenvalue weighted by molar-refractivity contribution is -0.137. The van der Waals surface area contributed by atoms with E-state index < -0.39 is 5.97 Å². The summed E-state index contributed by atoms with van der Waals surface area (Å²) >= 11 is 6.83. The van der Waals surface area contributed by atoms with Crippen LogP contribution in [0.1, 0.15) is 61.8 Å². The van der Waals surface area contributed by atoms with Gasteiger partial charge in [0.05, 0.1) is 10.6 Å². The molecule has 1 amide bonds. The second kappa shape index (κ2) is 12.5. The second-order valence-corrected chi connectivity index (χ2v) is 9.62. The van der Waals surface area contributed by atoms with E-state index in [0.717, 1.165) is 53.8 Å². The van der Waals surface area contributed by atoms with Crippen LogP contribution in [0.5, 0.6) is 5.88 Å². The van der Waals surface area contributed by atoms with Crippen LogP contribution in [0.2, 0.25) is 0 Å². The zero-order valence-corrected chi connectivity index (χ0v) is 20.1. The number of aliphatic imine (C=N–C) groups is 1. The maximum Gasteiger partial charge on any atom is 0.303 e. The summed E-state index contributed by atoms with van der Waals surface area (Å²) in [5, 5.41) is 22.1. The van der Waals surface area contributed by atoms with Crippen LogP contribution < -0.4 is 5.32 Å². The number of fused-ring (bicyclic) bond motifs is 1. The van der Waals surface area contributed by atoms with Gasteiger partial charge >= 0.3 is 5.97 Å². The van der Waals surface area contributed by atoms with Gasteiger partial charge in [-0.1, -0.05) is 31.0 Å². The molecule has 176 valence electrons. The average Bonchev–Trinajstić information content (AvgIpc) is 3.31. The van der Waals surface area contributed by atoms with Crippen molar-refractivity contribution in [2.24, 2.45) is 4.99 Å². The van der Waals surface area contributed by atoms with Crippen molar-refractivity contribution in [2.75, 3.05) is 6.54 Å². The lowest BCUT2D eigenvalue weighted by Gasteiger charge is -2.06. The van der Waals surface area contributed by atoms with Crippen molar-refractivity contribution in [1.82, 2.24) is 9.88 Å². The molecular formula is C24H29N3O4S2. The Kier molecular flexibility index (Phi) is 9.38. The Morgan fingerprint density at radius 1 is 1.09 bits per heavy atom. The number of aromatic hydroxyl groups is 1. The fourth-order valence-electron chi connectivity index (χ4n) is 3.63. The molecule has 2 heterocycles. The Balaban J connectivity index is 1.39. The molecule has 3 rings (SSSR count). The van der Waals surface area contributed by atoms with E-state index in [1.54, 1.807) is 10.8 Å². The minimum Gasteiger partial charge on any atom is -0.493 e. The number of nitrogens with one attached hydrogen (secondary N) is 1. The zero-order valence-electron chi connectivity index (χ0n) is 18.5. The maximum atomic E-state index is 11.9. The first-order chi connectivity index (χ1) is 16.0. The highest BCUT2D eigenvalue weighted by molar-refractivity contribution is 7.73. The van der Waals surface area contributed by atoms with Crippen molar-refractivity contribution >= 4 is 59.0 Å². The Hall–Kier alpha value is -2.78. The van der Waals surface area contributed by atoms with Crippen LogP contribution in [-0.2, 0) is 16.1 Å². The van der Waals surface area contributed by atoms with E-state index >= 15 is 0 Å². The molecule has 7 nitrogen and oxygen atoms in total. The first-order valence-corrected chi connectivity index (χ1v) is 12.4. The number of carbonyl (C=O) groups excluding carboxylic acids is 1. The average molecular weight is 488 g/mol. The number of allylic oxidation sites excluding steroid dienone is 1. The number of aromatic nitrogens is 1. The van der Waals surface area contributed by atoms with E-state index in [1.807, 2.05) is 30.3 Å². The summed E-state index contributed by atoms with van der Waals surface area (Å²) in [5.41, 5.74) is 2.92. The number of carboxylic acids is 1. The van der Waals surface area contributed by atoms with Gasteiger partial charge in [-0.05, 0) is 50.0 Å². The van der Waals surface area contributed by atoms with Crippen LogP contribution in [0, 0.1) is 3.95 Å². The summed E-state index contributed by atoms with van der Waals surface area (Å²) in [4.78, 5) is 27.5. The molecule has 0 radical (unpaired) electrons. The summed E-state index contributed by atoms with van der Waals surface area (Å²) in [5.74, 6) is -0.579. The van der Waals surface area contributed by atoms with Gasteiger partial charge in [0.1, 0.15) is 0 Å². The summed E-state index contributed by atoms with van der Waals surface area (Å²) in [6.45, 7) is 1.20. The van der Waals surface area contributed by atoms with E-state index in [2.05, 4.69) is 10.3 Å². The van der Waals surface area contributed by atoms with Crippen LogP contribution in [0.3, 0.4) is 0 Å². The van der Waals surface area contributed by atoms with Crippen LogP contribution in [0.4, 0.5) is 5.69 Å². The number of carboxylic acid groups (broad SMARTS) is 1. The minimum absolute atomic E-state index is 0.0237. The van der Waals surface area contributed by atoms with Crippen LogP contribution in [0.25, 0.3) is 11.6 Å². The summed E-state index contributed by atoms with van der Waals surface area (Å²) in [7, 11) is 0. The molecule has 3 N–H and O–H groups in total. The number of nitrogens with zero attached hydrogens (tertiary/aromatic N) is 2. The molecule has 1 aliphatic heterocycles. The van der Waals surface area contributed by atoms with E-state index in [0.29, 0.717) is 29.9 Å². The number of amides is 1. The first kappa shape index (κ1) is 24.9. The Labute approximate surface area is 202 Å². The molecule has 0 atom stereocenters. The number of benzene rings is 1. The van der Waals surface area contributed by atoms with Crippen LogP contribution in [-0.4, -0.2) is 39.4 Å². The molecule has 9 heteroatoms. The third-order valence-corrected chi connectivity index (χ3v) is 6.80. The number of rotatable bonds is 13. The summed E-state index contributed by atoms with van der Waals surface area (Å²) < 4.78 is 2.38. The number of carbonyl (C=O) groups is 2. The van der Waals surface area contributed by atoms with E-state index in [1.165, 1.54) is 11.3 Å². The van der Waals surface area contributed by atoms with E-state index in [4.69, 9.17) is 17.3 Å². The van der Waals surface area contributed by atoms with Gasteiger partial charge in [0.15, 0.2) is 3.95 Å². The van der Waals surface area contributed by atoms with Crippen molar-refractivity contribution < 1.29 is 19.8 Å². The number of thiazole rings is 1. The highest BCUT2D eigenvalue weighted by Gasteiger charge is 2.15. The van der Waals surface area contributed by atoms with Gasteiger partial charge in [0.2, 0.25) is 11.8 Å². The monoisotopic (exact) mass is 487 g/mol. The molecule has 0 aliphatic carbocycles. The Bertz CT molecular complexity index is 1100. The van der Waals surface area contributed by atoms with Gasteiger partial charge in [0, 0.05) is 43.3 Å². The molecule has 0 spiro atoms. The fraction of sp³-hybridized carbons (Fsp3) is 0.417. The van der Waals surface area contributed by atoms with Crippen LogP contribution >= 0.6 is 23.6 Å². The molecule has 1 aromatic heterocycles. The topological polar surface area (TPSA) is 104 Å². The number of hydrogen-bond donors (Lipinski definition) is 3. The van der Waals surface area contributed by atoms with Crippen molar-refractivity contribution in [2.45, 2.75) is 57.9 Å². The number of unbranched alkanes of at least 4 members (excludes halogenated alkanes) is 4. The molecule has 2 aromatic rings. The molecule has 0 unspecified atom stereocenters. The SMILES string of the molecule is O=C(O)CCCCCNC(=O)CCCCCn1c(O)c(/C=C2/C=Nc3ccccc32)sc1=S. The van der Waals surface area contributed by atoms with E-state index in [9.17, 15) is 14.7 Å². The van der Waals surface area contributed by atoms with Crippen molar-refractivity contribution in [3.63, 3.8) is 0 Å². The van der Waals surface area contributed by atoms with Gasteiger partial charge < -0.3 is 15.5 Å². The molecule has 0 saturated heterocycles. The predicted molar refractivity (Wildman–Crippen MR) is 135 cm³/mol. The minimum atomic E-state index is -0.779. The summed E-state index contributed by atoms with van der Waals surface area (Å²) in [6, 6.07) is 7.89. The smallest absolute Gasteiger partial charge is 0.303 e. The zero-order chi connectivity index (χ0) is 23.6. The molecule has 0 bridgehead atoms. The summed E-state index contributed by atoms with van der Waals surface area (Å²) in [6.07, 6.45) is 9.06. The van der Waals surface area contributed by atoms with Gasteiger partial charge in [0.25, 0.3) is 0 Å². The quantitative estimate of drug-likeness (QED) is 0.253. The van der Waals surface area contributed by atoms with Crippen molar-refractivity contribution in [3.8, 4) is 5.88 Å². The van der Waals surface area contributed by atoms with Crippen LogP contribution in [0.15, 0.2) is 29.3 Å². The Morgan fingerprint density at radius 3 is 2.67 bits per heavy atom. The third-order valence-electron chi connectivity index (χ3n) is 5.41. The molecule has 0 fully saturated rings. The fourth-order valence-corrected chi connectivity index (χ4v) is 4.94. The second-order valence-electron chi connectivity index (χ2n) is 7.95. The highest BCUT2D eigenvalue weighted by atomic mass is 32.1. The maximum absolute atomic E-state index is 11.9. The van der Waals surface area contributed by atoms with Gasteiger partial charge in [-0.2, -0.15) is 0 Å². The van der Waals surface area contributed by atoms with E-state index in [-0.39, 0.29) is 18.2 Å². The van der Waals surface area contributed by atoms with Crippen molar-refractivity contribution in [3.05, 3.63) is 38.7 Å². The standard InChI is InChI=1S/C24H29N3O4S2/c28-21(25-13-7-1-4-12-22(29)30)11-3-2-8-14-27-23(31)20(33-24(27)32)15-17-16-26-19-10-6-5-9-18(17)19/h5-6,9-10,15-16,31H,1-4,7-8,11-14H2,(H,25,28)(H,29,30)/b17-15-. The first-order valence-electron chi connectivity index (χ1n) is 11.2. The van der Waals surface area contributed by atoms with Gasteiger partial charge in [-0.25, -0.2) is 0 Å². The lowest BCUT2D eigenvalue weighted by atomic mass is 10.1. The third kappa shape index (κ3) is 7.36. The molecule has 1 aliphatic rings. The largest absolute Gasteiger partial charge is 0.493 e. The molecule has 1 aromatic carbocycles. The number of aliphatic carboxylic acids is 1. The predicted octanol–water partition coefficient (Wildman–Crippen LogP) is 5.56. The highest BCUT2D eigenvalue weighted by Crippen LogP contribution is 2.35. The Morgan fingerprint density at radius 2 is 1.85 bits per heavy atom. The lowest BCUT2D eigenvalue weighted by Crippen LogP contribution is -2.24. The number of hydrogen-bond acceptors (Lipinski definition) is 6. The molecular weight excluding hydrogens is 458 g/mol.